The van der Waals surface area contributed by atoms with Crippen LogP contribution in [-0.2, 0) is 10.2 Å². The number of carboxylic acids is 1. The van der Waals surface area contributed by atoms with Gasteiger partial charge in [0.05, 0.1) is 10.6 Å². The first kappa shape index (κ1) is 15.7. The molecule has 1 N–H and O–H groups in total. The van der Waals surface area contributed by atoms with Gasteiger partial charge < -0.3 is 10.0 Å². The molecule has 4 nitrogen and oxygen atoms in total. The Labute approximate surface area is 118 Å². The minimum atomic E-state index is -0.933. The number of carboxylic acid groups (broad SMARTS) is 1. The summed E-state index contributed by atoms with van der Waals surface area (Å²) in [6.07, 6.45) is 2.82. The number of thiazole rings is 1. The van der Waals surface area contributed by atoms with Crippen LogP contribution in [0.5, 0.6) is 0 Å². The zero-order chi connectivity index (χ0) is 14.6. The van der Waals surface area contributed by atoms with Gasteiger partial charge in [-0.3, -0.25) is 0 Å². The number of anilines is 1. The molecule has 1 heterocycles. The highest BCUT2D eigenvalue weighted by Crippen LogP contribution is 2.34. The van der Waals surface area contributed by atoms with E-state index in [-0.39, 0.29) is 5.41 Å². The Morgan fingerprint density at radius 1 is 1.37 bits per heavy atom. The molecule has 1 aromatic heterocycles. The average molecular weight is 282 g/mol. The van der Waals surface area contributed by atoms with Crippen molar-refractivity contribution in [3.8, 4) is 0 Å². The molecule has 0 aliphatic heterocycles. The second-order valence-electron chi connectivity index (χ2n) is 5.30. The van der Waals surface area contributed by atoms with Crippen LogP contribution in [0.3, 0.4) is 0 Å². The molecule has 0 radical (unpaired) electrons. The average Bonchev–Trinajstić information content (AvgIpc) is 2.72. The zero-order valence-electron chi connectivity index (χ0n) is 12.2. The van der Waals surface area contributed by atoms with Gasteiger partial charge in [-0.05, 0) is 19.9 Å². The van der Waals surface area contributed by atoms with Gasteiger partial charge in [-0.15, -0.1) is 0 Å². The van der Waals surface area contributed by atoms with Crippen LogP contribution in [0, 0.1) is 0 Å². The van der Waals surface area contributed by atoms with Crippen LogP contribution in [0.25, 0.3) is 6.08 Å². The number of hydrogen-bond donors (Lipinski definition) is 1. The summed E-state index contributed by atoms with van der Waals surface area (Å²) in [7, 11) is 0. The van der Waals surface area contributed by atoms with Gasteiger partial charge in [0, 0.05) is 24.6 Å². The number of rotatable bonds is 5. The molecule has 19 heavy (non-hydrogen) atoms. The molecular formula is C14H22N2O2S. The molecule has 1 aromatic rings. The van der Waals surface area contributed by atoms with Gasteiger partial charge >= 0.3 is 5.97 Å². The monoisotopic (exact) mass is 282 g/mol. The Morgan fingerprint density at radius 2 is 1.95 bits per heavy atom. The zero-order valence-corrected chi connectivity index (χ0v) is 13.0. The summed E-state index contributed by atoms with van der Waals surface area (Å²) in [5, 5.41) is 9.72. The summed E-state index contributed by atoms with van der Waals surface area (Å²) in [6.45, 7) is 12.2. The second-order valence-corrected chi connectivity index (χ2v) is 6.31. The van der Waals surface area contributed by atoms with Crippen molar-refractivity contribution in [3.05, 3.63) is 16.6 Å². The van der Waals surface area contributed by atoms with E-state index in [1.807, 2.05) is 0 Å². The standard InChI is InChI=1S/C14H22N2O2S/c1-6-16(7-2)13-15-12(14(3,4)5)10(19-13)8-9-11(17)18/h8-9H,6-7H2,1-5H3,(H,17,18)/b9-8+. The fraction of sp³-hybridized carbons (Fsp3) is 0.571. The van der Waals surface area contributed by atoms with Crippen molar-refractivity contribution < 1.29 is 9.90 Å². The van der Waals surface area contributed by atoms with E-state index in [9.17, 15) is 4.79 Å². The molecule has 106 valence electrons. The topological polar surface area (TPSA) is 53.4 Å². The lowest BCUT2D eigenvalue weighted by atomic mass is 9.91. The Morgan fingerprint density at radius 3 is 2.37 bits per heavy atom. The number of hydrogen-bond acceptors (Lipinski definition) is 4. The normalized spacial score (nSPS) is 12.1. The summed E-state index contributed by atoms with van der Waals surface area (Å²) in [5.41, 5.74) is 0.858. The van der Waals surface area contributed by atoms with Crippen molar-refractivity contribution >= 4 is 28.5 Å². The Kier molecular flexibility index (Phi) is 5.11. The van der Waals surface area contributed by atoms with Crippen LogP contribution in [0.4, 0.5) is 5.13 Å². The minimum Gasteiger partial charge on any atom is -0.478 e. The SMILES string of the molecule is CCN(CC)c1nc(C(C)(C)C)c(/C=C/C(=O)O)s1. The fourth-order valence-corrected chi connectivity index (χ4v) is 3.05. The number of aliphatic carboxylic acids is 1. The molecule has 0 fully saturated rings. The van der Waals surface area contributed by atoms with Gasteiger partial charge in [0.1, 0.15) is 0 Å². The van der Waals surface area contributed by atoms with Crippen molar-refractivity contribution in [2.45, 2.75) is 40.0 Å². The van der Waals surface area contributed by atoms with Crippen LogP contribution >= 0.6 is 11.3 Å². The maximum atomic E-state index is 10.7. The summed E-state index contributed by atoms with van der Waals surface area (Å²) < 4.78 is 0. The van der Waals surface area contributed by atoms with E-state index in [1.54, 1.807) is 17.4 Å². The predicted molar refractivity (Wildman–Crippen MR) is 81.0 cm³/mol. The Bertz CT molecular complexity index is 468. The largest absolute Gasteiger partial charge is 0.478 e. The van der Waals surface area contributed by atoms with E-state index in [0.717, 1.165) is 28.8 Å². The maximum absolute atomic E-state index is 10.7. The summed E-state index contributed by atoms with van der Waals surface area (Å²) in [4.78, 5) is 18.5. The van der Waals surface area contributed by atoms with E-state index in [1.165, 1.54) is 6.08 Å². The molecule has 0 saturated heterocycles. The van der Waals surface area contributed by atoms with Crippen LogP contribution in [0.2, 0.25) is 0 Å². The lowest BCUT2D eigenvalue weighted by molar-refractivity contribution is -0.131. The fourth-order valence-electron chi connectivity index (χ4n) is 1.75. The highest BCUT2D eigenvalue weighted by molar-refractivity contribution is 7.16. The smallest absolute Gasteiger partial charge is 0.328 e. The highest BCUT2D eigenvalue weighted by Gasteiger charge is 2.23. The molecule has 0 aliphatic rings. The number of nitrogens with zero attached hydrogens (tertiary/aromatic N) is 2. The van der Waals surface area contributed by atoms with Gasteiger partial charge in [-0.25, -0.2) is 9.78 Å². The van der Waals surface area contributed by atoms with Crippen molar-refractivity contribution in [1.29, 1.82) is 0 Å². The van der Waals surface area contributed by atoms with Gasteiger partial charge in [0.2, 0.25) is 0 Å². The van der Waals surface area contributed by atoms with Crippen molar-refractivity contribution in [2.24, 2.45) is 0 Å². The third-order valence-corrected chi connectivity index (χ3v) is 3.85. The van der Waals surface area contributed by atoms with E-state index >= 15 is 0 Å². The van der Waals surface area contributed by atoms with Crippen LogP contribution in [-0.4, -0.2) is 29.1 Å². The minimum absolute atomic E-state index is 0.0971. The van der Waals surface area contributed by atoms with E-state index in [2.05, 4.69) is 39.5 Å². The van der Waals surface area contributed by atoms with Gasteiger partial charge in [-0.1, -0.05) is 32.1 Å². The van der Waals surface area contributed by atoms with Crippen molar-refractivity contribution in [1.82, 2.24) is 4.98 Å². The first-order valence-electron chi connectivity index (χ1n) is 6.46. The third-order valence-electron chi connectivity index (χ3n) is 2.76. The number of aromatic nitrogens is 1. The lowest BCUT2D eigenvalue weighted by Gasteiger charge is -2.18. The second kappa shape index (κ2) is 6.19. The summed E-state index contributed by atoms with van der Waals surface area (Å²) >= 11 is 1.55. The molecule has 0 aromatic carbocycles. The van der Waals surface area contributed by atoms with Crippen molar-refractivity contribution in [2.75, 3.05) is 18.0 Å². The Hall–Kier alpha value is -1.36. The van der Waals surface area contributed by atoms with Gasteiger partial charge in [0.25, 0.3) is 0 Å². The summed E-state index contributed by atoms with van der Waals surface area (Å²) in [6, 6.07) is 0. The maximum Gasteiger partial charge on any atom is 0.328 e. The quantitative estimate of drug-likeness (QED) is 0.841. The molecule has 0 spiro atoms. The molecule has 0 amide bonds. The molecule has 0 unspecified atom stereocenters. The highest BCUT2D eigenvalue weighted by atomic mass is 32.1. The third kappa shape index (κ3) is 4.06. The first-order chi connectivity index (χ1) is 8.79. The van der Waals surface area contributed by atoms with Crippen LogP contribution in [0.15, 0.2) is 6.08 Å². The van der Waals surface area contributed by atoms with Crippen molar-refractivity contribution in [3.63, 3.8) is 0 Å². The molecular weight excluding hydrogens is 260 g/mol. The van der Waals surface area contributed by atoms with Crippen LogP contribution < -0.4 is 4.90 Å². The summed E-state index contributed by atoms with van der Waals surface area (Å²) in [5.74, 6) is -0.933. The van der Waals surface area contributed by atoms with Gasteiger partial charge in [0.15, 0.2) is 5.13 Å². The lowest BCUT2D eigenvalue weighted by Crippen LogP contribution is -2.22. The van der Waals surface area contributed by atoms with E-state index < -0.39 is 5.97 Å². The molecule has 1 rings (SSSR count). The molecule has 5 heteroatoms. The first-order valence-corrected chi connectivity index (χ1v) is 7.28. The van der Waals surface area contributed by atoms with Gasteiger partial charge in [-0.2, -0.15) is 0 Å². The molecule has 0 bridgehead atoms. The van der Waals surface area contributed by atoms with E-state index in [0.29, 0.717) is 0 Å². The predicted octanol–water partition coefficient (Wildman–Crippen LogP) is 3.38. The van der Waals surface area contributed by atoms with E-state index in [4.69, 9.17) is 10.1 Å². The molecule has 0 aliphatic carbocycles. The Balaban J connectivity index is 3.23. The number of carbonyl (C=O) groups is 1. The molecule has 0 atom stereocenters. The van der Waals surface area contributed by atoms with Crippen LogP contribution in [0.1, 0.15) is 45.2 Å². The molecule has 0 saturated carbocycles.